The maximum Gasteiger partial charge on any atom is 0.305 e. The van der Waals surface area contributed by atoms with Gasteiger partial charge in [-0.15, -0.1) is 0 Å². The molecular formula is C14H18N2O7. The molecule has 9 nitrogen and oxygen atoms in total. The van der Waals surface area contributed by atoms with Crippen LogP contribution < -0.4 is 5.32 Å². The molecule has 9 heteroatoms. The molecule has 1 aliphatic rings. The molecule has 1 aliphatic heterocycles. The Kier molecular flexibility index (Phi) is 6.91. The summed E-state index contributed by atoms with van der Waals surface area (Å²) in [5, 5.41) is 19.9. The third-order valence-corrected chi connectivity index (χ3v) is 3.19. The van der Waals surface area contributed by atoms with Crippen LogP contribution in [0.25, 0.3) is 0 Å². The van der Waals surface area contributed by atoms with Crippen molar-refractivity contribution in [2.45, 2.75) is 38.1 Å². The van der Waals surface area contributed by atoms with Gasteiger partial charge in [0.25, 0.3) is 11.8 Å². The third-order valence-electron chi connectivity index (χ3n) is 3.19. The van der Waals surface area contributed by atoms with Crippen LogP contribution in [0, 0.1) is 0 Å². The van der Waals surface area contributed by atoms with Gasteiger partial charge in [-0.1, -0.05) is 0 Å². The predicted octanol–water partition coefficient (Wildman–Crippen LogP) is -0.484. The number of hydrogen-bond donors (Lipinski definition) is 3. The van der Waals surface area contributed by atoms with Gasteiger partial charge < -0.3 is 15.5 Å². The van der Waals surface area contributed by atoms with Gasteiger partial charge in [0, 0.05) is 37.6 Å². The zero-order chi connectivity index (χ0) is 17.4. The Morgan fingerprint density at radius 3 is 2.17 bits per heavy atom. The van der Waals surface area contributed by atoms with Crippen molar-refractivity contribution in [1.29, 1.82) is 0 Å². The Labute approximate surface area is 131 Å². The fourth-order valence-electron chi connectivity index (χ4n) is 2.10. The zero-order valence-corrected chi connectivity index (χ0v) is 12.4. The highest BCUT2D eigenvalue weighted by atomic mass is 16.4. The van der Waals surface area contributed by atoms with Gasteiger partial charge in [0.1, 0.15) is 0 Å². The summed E-state index contributed by atoms with van der Waals surface area (Å²) in [7, 11) is 0. The molecule has 0 saturated carbocycles. The number of nitrogens with zero attached hydrogens (tertiary/aromatic N) is 1. The van der Waals surface area contributed by atoms with Crippen molar-refractivity contribution in [1.82, 2.24) is 10.2 Å². The molecule has 0 aliphatic carbocycles. The lowest BCUT2D eigenvalue weighted by Gasteiger charge is -2.18. The first-order valence-corrected chi connectivity index (χ1v) is 7.06. The van der Waals surface area contributed by atoms with Gasteiger partial charge in [0.05, 0.1) is 6.42 Å². The fraction of sp³-hybridized carbons (Fsp3) is 0.500. The molecule has 0 radical (unpaired) electrons. The van der Waals surface area contributed by atoms with E-state index in [-0.39, 0.29) is 38.6 Å². The van der Waals surface area contributed by atoms with E-state index in [2.05, 4.69) is 5.32 Å². The molecule has 1 heterocycles. The van der Waals surface area contributed by atoms with Gasteiger partial charge in [0.2, 0.25) is 5.91 Å². The van der Waals surface area contributed by atoms with Gasteiger partial charge in [0.15, 0.2) is 0 Å². The molecule has 0 saturated heterocycles. The third kappa shape index (κ3) is 6.72. The number of nitrogens with one attached hydrogen (secondary N) is 1. The summed E-state index contributed by atoms with van der Waals surface area (Å²) in [6, 6.07) is -0.692. The Bertz CT molecular complexity index is 523. The van der Waals surface area contributed by atoms with Gasteiger partial charge >= 0.3 is 11.9 Å². The maximum absolute atomic E-state index is 11.8. The van der Waals surface area contributed by atoms with Gasteiger partial charge in [-0.2, -0.15) is 0 Å². The van der Waals surface area contributed by atoms with E-state index in [0.717, 1.165) is 17.1 Å². The van der Waals surface area contributed by atoms with Crippen LogP contribution in [0.1, 0.15) is 32.1 Å². The number of carboxylic acid groups (broad SMARTS) is 2. The number of amides is 3. The zero-order valence-electron chi connectivity index (χ0n) is 12.4. The Morgan fingerprint density at radius 2 is 1.65 bits per heavy atom. The molecule has 3 N–H and O–H groups in total. The number of imide groups is 1. The topological polar surface area (TPSA) is 141 Å². The number of aliphatic carboxylic acids is 2. The van der Waals surface area contributed by atoms with E-state index < -0.39 is 35.7 Å². The molecule has 23 heavy (non-hydrogen) atoms. The second-order valence-corrected chi connectivity index (χ2v) is 5.06. The first-order valence-electron chi connectivity index (χ1n) is 7.06. The molecular weight excluding hydrogens is 308 g/mol. The maximum atomic E-state index is 11.8. The summed E-state index contributed by atoms with van der Waals surface area (Å²) in [6.45, 7) is -0.0918. The predicted molar refractivity (Wildman–Crippen MR) is 76.1 cm³/mol. The normalized spacial score (nSPS) is 14.9. The summed E-state index contributed by atoms with van der Waals surface area (Å²) < 4.78 is 0. The van der Waals surface area contributed by atoms with Crippen LogP contribution in [-0.2, 0) is 24.0 Å². The molecule has 0 unspecified atom stereocenters. The quantitative estimate of drug-likeness (QED) is 0.460. The van der Waals surface area contributed by atoms with Crippen molar-refractivity contribution in [3.05, 3.63) is 12.2 Å². The fourth-order valence-corrected chi connectivity index (χ4v) is 2.10. The van der Waals surface area contributed by atoms with Crippen molar-refractivity contribution in [2.24, 2.45) is 0 Å². The van der Waals surface area contributed by atoms with Crippen LogP contribution in [0.4, 0.5) is 0 Å². The highest BCUT2D eigenvalue weighted by Crippen LogP contribution is 2.07. The van der Waals surface area contributed by atoms with Crippen molar-refractivity contribution >= 4 is 29.7 Å². The number of hydrogen-bond acceptors (Lipinski definition) is 5. The molecule has 1 rings (SSSR count). The van der Waals surface area contributed by atoms with Crippen LogP contribution in [0.5, 0.6) is 0 Å². The van der Waals surface area contributed by atoms with E-state index >= 15 is 0 Å². The van der Waals surface area contributed by atoms with Gasteiger partial charge in [-0.05, 0) is 12.8 Å². The summed E-state index contributed by atoms with van der Waals surface area (Å²) >= 11 is 0. The largest absolute Gasteiger partial charge is 0.481 e. The Hall–Kier alpha value is -2.71. The number of carbonyl (C=O) groups excluding carboxylic acids is 3. The van der Waals surface area contributed by atoms with Crippen LogP contribution >= 0.6 is 0 Å². The van der Waals surface area contributed by atoms with Crippen molar-refractivity contribution in [3.63, 3.8) is 0 Å². The molecule has 0 bridgehead atoms. The number of carbonyl (C=O) groups is 5. The van der Waals surface area contributed by atoms with Crippen molar-refractivity contribution in [2.75, 3.05) is 6.54 Å². The van der Waals surface area contributed by atoms with E-state index in [0.29, 0.717) is 0 Å². The molecule has 0 spiro atoms. The highest BCUT2D eigenvalue weighted by Gasteiger charge is 2.24. The molecule has 3 amide bonds. The van der Waals surface area contributed by atoms with E-state index in [4.69, 9.17) is 10.2 Å². The lowest BCUT2D eigenvalue weighted by molar-refractivity contribution is -0.138. The molecule has 0 aromatic rings. The lowest BCUT2D eigenvalue weighted by atomic mass is 10.1. The minimum absolute atomic E-state index is 0.0918. The minimum Gasteiger partial charge on any atom is -0.481 e. The summed E-state index contributed by atoms with van der Waals surface area (Å²) in [5.41, 5.74) is 0. The molecule has 0 aromatic carbocycles. The second kappa shape index (κ2) is 8.66. The van der Waals surface area contributed by atoms with Crippen LogP contribution in [-0.4, -0.2) is 57.4 Å². The van der Waals surface area contributed by atoms with E-state index in [1.54, 1.807) is 0 Å². The Balaban J connectivity index is 2.42. The summed E-state index contributed by atoms with van der Waals surface area (Å²) in [4.78, 5) is 56.6. The van der Waals surface area contributed by atoms with E-state index in [9.17, 15) is 24.0 Å². The van der Waals surface area contributed by atoms with Crippen LogP contribution in [0.3, 0.4) is 0 Å². The average molecular weight is 326 g/mol. The first-order chi connectivity index (χ1) is 10.8. The molecule has 126 valence electrons. The summed E-state index contributed by atoms with van der Waals surface area (Å²) in [5.74, 6) is -3.60. The molecule has 1 atom stereocenters. The Morgan fingerprint density at radius 1 is 1.04 bits per heavy atom. The van der Waals surface area contributed by atoms with Crippen LogP contribution in [0.15, 0.2) is 12.2 Å². The standard InChI is InChI=1S/C14H18N2O7/c17-10(6-7-16-11(18)4-5-12(16)19)15-9(8-14(22)23)2-1-3-13(20)21/h4-5,9H,1-3,6-8H2,(H,15,17)(H,20,21)(H,22,23)/t9-/m0/s1. The van der Waals surface area contributed by atoms with Crippen molar-refractivity contribution in [3.8, 4) is 0 Å². The van der Waals surface area contributed by atoms with E-state index in [1.165, 1.54) is 0 Å². The SMILES string of the molecule is O=C(O)CCC[C@@H](CC(=O)O)NC(=O)CCN1C(=O)C=CC1=O. The summed E-state index contributed by atoms with van der Waals surface area (Å²) in [6.07, 6.45) is 2.09. The smallest absolute Gasteiger partial charge is 0.305 e. The van der Waals surface area contributed by atoms with Crippen LogP contribution in [0.2, 0.25) is 0 Å². The highest BCUT2D eigenvalue weighted by molar-refractivity contribution is 6.13. The lowest BCUT2D eigenvalue weighted by Crippen LogP contribution is -2.39. The minimum atomic E-state index is -1.11. The van der Waals surface area contributed by atoms with Gasteiger partial charge in [-0.25, -0.2) is 0 Å². The molecule has 0 aromatic heterocycles. The van der Waals surface area contributed by atoms with E-state index in [1.807, 2.05) is 0 Å². The number of carboxylic acids is 2. The monoisotopic (exact) mass is 326 g/mol. The van der Waals surface area contributed by atoms with Gasteiger partial charge in [-0.3, -0.25) is 28.9 Å². The average Bonchev–Trinajstić information content (AvgIpc) is 2.74. The first kappa shape index (κ1) is 18.3. The van der Waals surface area contributed by atoms with Crippen molar-refractivity contribution < 1.29 is 34.2 Å². The molecule has 0 fully saturated rings. The second-order valence-electron chi connectivity index (χ2n) is 5.06. The number of rotatable bonds is 10.